The van der Waals surface area contributed by atoms with Crippen molar-refractivity contribution >= 4 is 29.1 Å². The summed E-state index contributed by atoms with van der Waals surface area (Å²) in [6.07, 6.45) is 0. The third kappa shape index (κ3) is 3.21. The molecule has 1 heterocycles. The lowest BCUT2D eigenvalue weighted by molar-refractivity contribution is -0.138. The van der Waals surface area contributed by atoms with Gasteiger partial charge in [0.15, 0.2) is 0 Å². The van der Waals surface area contributed by atoms with Crippen molar-refractivity contribution in [3.63, 3.8) is 0 Å². The molecule has 0 bridgehead atoms. The molecule has 0 aliphatic carbocycles. The number of aliphatic carboxylic acids is 1. The van der Waals surface area contributed by atoms with Crippen LogP contribution in [-0.2, 0) is 10.5 Å². The van der Waals surface area contributed by atoms with Gasteiger partial charge in [-0.05, 0) is 27.7 Å². The minimum absolute atomic E-state index is 0.665. The number of hydrogen-bond acceptors (Lipinski definition) is 4. The Balaban J connectivity index is 2.61. The van der Waals surface area contributed by atoms with E-state index in [9.17, 15) is 4.79 Å². The van der Waals surface area contributed by atoms with Crippen LogP contribution < -0.4 is 0 Å². The minimum atomic E-state index is -0.780. The highest BCUT2D eigenvalue weighted by atomic mass is 32.2. The van der Waals surface area contributed by atoms with E-state index in [-0.39, 0.29) is 0 Å². The van der Waals surface area contributed by atoms with Crippen LogP contribution in [0.2, 0.25) is 0 Å². The number of thiazole rings is 1. The summed E-state index contributed by atoms with van der Waals surface area (Å²) in [4.78, 5) is 16.5. The monoisotopic (exact) mass is 245 g/mol. The Kier molecular flexibility index (Phi) is 3.78. The topological polar surface area (TPSA) is 50.2 Å². The number of thioether (sulfide) groups is 1. The van der Waals surface area contributed by atoms with E-state index >= 15 is 0 Å². The molecule has 0 saturated heterocycles. The van der Waals surface area contributed by atoms with Gasteiger partial charge in [-0.25, -0.2) is 4.98 Å². The molecule has 1 aromatic heterocycles. The van der Waals surface area contributed by atoms with Crippen LogP contribution in [0.5, 0.6) is 0 Å². The largest absolute Gasteiger partial charge is 0.480 e. The van der Waals surface area contributed by atoms with Gasteiger partial charge in [-0.3, -0.25) is 4.79 Å². The molecule has 0 aromatic carbocycles. The van der Waals surface area contributed by atoms with Crippen molar-refractivity contribution in [3.8, 4) is 0 Å². The Morgan fingerprint density at radius 1 is 1.53 bits per heavy atom. The number of carbonyl (C=O) groups is 1. The number of hydrogen-bond donors (Lipinski definition) is 1. The van der Waals surface area contributed by atoms with E-state index in [1.165, 1.54) is 16.6 Å². The van der Waals surface area contributed by atoms with E-state index < -0.39 is 10.7 Å². The summed E-state index contributed by atoms with van der Waals surface area (Å²) < 4.78 is -0.743. The van der Waals surface area contributed by atoms with E-state index in [4.69, 9.17) is 5.11 Å². The Morgan fingerprint density at radius 3 is 2.53 bits per heavy atom. The molecule has 0 fully saturated rings. The normalized spacial score (nSPS) is 11.7. The number of aromatic nitrogens is 1. The standard InChI is InChI=1S/C10H15NO2S2/c1-6-7(2)15-8(11-6)5-14-10(3,4)9(12)13/h5H2,1-4H3,(H,12,13). The molecule has 0 radical (unpaired) electrons. The lowest BCUT2D eigenvalue weighted by atomic mass is 10.2. The van der Waals surface area contributed by atoms with Gasteiger partial charge in [0.2, 0.25) is 0 Å². The van der Waals surface area contributed by atoms with Gasteiger partial charge in [-0.2, -0.15) is 0 Å². The summed E-state index contributed by atoms with van der Waals surface area (Å²) in [5.41, 5.74) is 1.05. The van der Waals surface area contributed by atoms with E-state index in [0.717, 1.165) is 10.7 Å². The van der Waals surface area contributed by atoms with E-state index in [1.807, 2.05) is 13.8 Å². The van der Waals surface area contributed by atoms with Crippen molar-refractivity contribution < 1.29 is 9.90 Å². The second-order valence-corrected chi connectivity index (χ2v) is 6.74. The van der Waals surface area contributed by atoms with Crippen molar-refractivity contribution in [2.45, 2.75) is 38.2 Å². The molecule has 3 nitrogen and oxygen atoms in total. The number of carboxylic acid groups (broad SMARTS) is 1. The molecule has 1 N–H and O–H groups in total. The molecular formula is C10H15NO2S2. The first kappa shape index (κ1) is 12.5. The van der Waals surface area contributed by atoms with Crippen LogP contribution >= 0.6 is 23.1 Å². The maximum Gasteiger partial charge on any atom is 0.319 e. The highest BCUT2D eigenvalue weighted by molar-refractivity contribution is 8.00. The van der Waals surface area contributed by atoms with Gasteiger partial charge >= 0.3 is 5.97 Å². The summed E-state index contributed by atoms with van der Waals surface area (Å²) in [5, 5.41) is 9.95. The van der Waals surface area contributed by atoms with Crippen LogP contribution in [0.15, 0.2) is 0 Å². The number of aryl methyl sites for hydroxylation is 2. The van der Waals surface area contributed by atoms with Crippen molar-refractivity contribution in [2.24, 2.45) is 0 Å². The van der Waals surface area contributed by atoms with E-state index in [0.29, 0.717) is 5.75 Å². The summed E-state index contributed by atoms with van der Waals surface area (Å²) in [7, 11) is 0. The van der Waals surface area contributed by atoms with Gasteiger partial charge < -0.3 is 5.11 Å². The maximum atomic E-state index is 10.9. The minimum Gasteiger partial charge on any atom is -0.480 e. The molecule has 0 saturated carbocycles. The predicted octanol–water partition coefficient (Wildman–Crippen LogP) is 2.86. The Bertz CT molecular complexity index is 352. The maximum absolute atomic E-state index is 10.9. The highest BCUT2D eigenvalue weighted by Crippen LogP contribution is 2.30. The molecule has 0 aliphatic rings. The van der Waals surface area contributed by atoms with Gasteiger partial charge in [0.25, 0.3) is 0 Å². The Hall–Kier alpha value is -0.550. The van der Waals surface area contributed by atoms with Gasteiger partial charge in [0, 0.05) is 10.6 Å². The fourth-order valence-corrected chi connectivity index (χ4v) is 2.72. The SMILES string of the molecule is Cc1nc(CSC(C)(C)C(=O)O)sc1C. The van der Waals surface area contributed by atoms with E-state index in [2.05, 4.69) is 4.98 Å². The molecule has 0 atom stereocenters. The van der Waals surface area contributed by atoms with Crippen molar-refractivity contribution in [3.05, 3.63) is 15.6 Å². The summed E-state index contributed by atoms with van der Waals surface area (Å²) >= 11 is 3.05. The van der Waals surface area contributed by atoms with Crippen LogP contribution in [0.25, 0.3) is 0 Å². The molecule has 0 spiro atoms. The van der Waals surface area contributed by atoms with Crippen LogP contribution in [-0.4, -0.2) is 20.8 Å². The molecule has 15 heavy (non-hydrogen) atoms. The molecule has 0 aliphatic heterocycles. The second-order valence-electron chi connectivity index (χ2n) is 3.85. The van der Waals surface area contributed by atoms with Crippen molar-refractivity contribution in [2.75, 3.05) is 0 Å². The van der Waals surface area contributed by atoms with Crippen molar-refractivity contribution in [1.82, 2.24) is 4.98 Å². The smallest absolute Gasteiger partial charge is 0.319 e. The first-order chi connectivity index (χ1) is 6.83. The molecule has 84 valence electrons. The number of rotatable bonds is 4. The average molecular weight is 245 g/mol. The summed E-state index contributed by atoms with van der Waals surface area (Å²) in [6, 6.07) is 0. The number of nitrogens with zero attached hydrogens (tertiary/aromatic N) is 1. The van der Waals surface area contributed by atoms with Gasteiger partial charge in [0.05, 0.1) is 5.69 Å². The van der Waals surface area contributed by atoms with Crippen molar-refractivity contribution in [1.29, 1.82) is 0 Å². The van der Waals surface area contributed by atoms with Gasteiger partial charge in [-0.15, -0.1) is 23.1 Å². The summed E-state index contributed by atoms with van der Waals surface area (Å²) in [5.74, 6) is -0.115. The number of carboxylic acids is 1. The third-order valence-electron chi connectivity index (χ3n) is 2.14. The third-order valence-corrected chi connectivity index (χ3v) is 4.71. The predicted molar refractivity (Wildman–Crippen MR) is 64.6 cm³/mol. The zero-order chi connectivity index (χ0) is 11.6. The second kappa shape index (κ2) is 4.53. The lowest BCUT2D eigenvalue weighted by Crippen LogP contribution is -2.27. The summed E-state index contributed by atoms with van der Waals surface area (Å²) in [6.45, 7) is 7.44. The zero-order valence-corrected chi connectivity index (χ0v) is 11.0. The molecule has 1 aromatic rings. The van der Waals surface area contributed by atoms with Gasteiger partial charge in [-0.1, -0.05) is 0 Å². The van der Waals surface area contributed by atoms with Gasteiger partial charge in [0.1, 0.15) is 9.75 Å². The average Bonchev–Trinajstić information content (AvgIpc) is 2.43. The molecule has 1 rings (SSSR count). The lowest BCUT2D eigenvalue weighted by Gasteiger charge is -2.17. The molecule has 0 amide bonds. The first-order valence-electron chi connectivity index (χ1n) is 4.63. The molecular weight excluding hydrogens is 230 g/mol. The Labute approximate surface area is 97.9 Å². The molecule has 0 unspecified atom stereocenters. The molecule has 5 heteroatoms. The van der Waals surface area contributed by atoms with Crippen LogP contribution in [0.3, 0.4) is 0 Å². The highest BCUT2D eigenvalue weighted by Gasteiger charge is 2.27. The van der Waals surface area contributed by atoms with Crippen LogP contribution in [0.1, 0.15) is 29.4 Å². The van der Waals surface area contributed by atoms with Crippen LogP contribution in [0, 0.1) is 13.8 Å². The first-order valence-corrected chi connectivity index (χ1v) is 6.43. The quantitative estimate of drug-likeness (QED) is 0.886. The fraction of sp³-hybridized carbons (Fsp3) is 0.600. The van der Waals surface area contributed by atoms with Crippen LogP contribution in [0.4, 0.5) is 0 Å². The zero-order valence-electron chi connectivity index (χ0n) is 9.33. The Morgan fingerprint density at radius 2 is 2.13 bits per heavy atom. The van der Waals surface area contributed by atoms with E-state index in [1.54, 1.807) is 25.2 Å². The fourth-order valence-electron chi connectivity index (χ4n) is 0.905.